The van der Waals surface area contributed by atoms with Crippen molar-refractivity contribution in [2.24, 2.45) is 0 Å². The molecule has 0 radical (unpaired) electrons. The molecule has 3 aromatic rings. The maximum absolute atomic E-state index is 10.7. The van der Waals surface area contributed by atoms with Gasteiger partial charge in [0.25, 0.3) is 0 Å². The Kier molecular flexibility index (Phi) is 11.0. The van der Waals surface area contributed by atoms with Crippen molar-refractivity contribution >= 4 is 21.0 Å². The molecule has 0 aliphatic rings. The van der Waals surface area contributed by atoms with Gasteiger partial charge in [0.1, 0.15) is 22.4 Å². The second-order valence-electron chi connectivity index (χ2n) is 7.24. The molecule has 0 saturated heterocycles. The molecule has 0 N–H and O–H groups in total. The number of hydrogen-bond acceptors (Lipinski definition) is 9. The second-order valence-corrected chi connectivity index (χ2v) is 10.5. The Labute approximate surface area is 227 Å². The van der Waals surface area contributed by atoms with E-state index in [-0.39, 0.29) is 0 Å². The van der Waals surface area contributed by atoms with Gasteiger partial charge in [0.2, 0.25) is 9.79 Å². The maximum atomic E-state index is 10.7. The average Bonchev–Trinajstić information content (AvgIpc) is 2.92. The van der Waals surface area contributed by atoms with Gasteiger partial charge in [-0.3, -0.25) is 0 Å². The first-order chi connectivity index (χ1) is 18.4. The molecule has 9 nitrogen and oxygen atoms in total. The van der Waals surface area contributed by atoms with Crippen LogP contribution in [0.15, 0.2) is 69.3 Å². The Hall–Kier alpha value is -3.49. The van der Waals surface area contributed by atoms with Crippen LogP contribution >= 0.6 is 0 Å². The Morgan fingerprint density at radius 2 is 0.949 bits per heavy atom. The lowest BCUT2D eigenvalue weighted by molar-refractivity contribution is -0.0517. The predicted octanol–water partition coefficient (Wildman–Crippen LogP) is 4.89. The highest BCUT2D eigenvalue weighted by molar-refractivity contribution is 7.97. The van der Waals surface area contributed by atoms with E-state index in [0.29, 0.717) is 34.5 Å². The quantitative estimate of drug-likeness (QED) is 0.195. The van der Waals surface area contributed by atoms with Gasteiger partial charge < -0.3 is 33.0 Å². The minimum atomic E-state index is -6.09. The summed E-state index contributed by atoms with van der Waals surface area (Å²) in [6.45, 7) is 0. The number of halogens is 3. The molecule has 3 aromatic carbocycles. The lowest BCUT2D eigenvalue weighted by Gasteiger charge is -2.19. The summed E-state index contributed by atoms with van der Waals surface area (Å²) in [6, 6.07) is 17.5. The molecule has 0 spiro atoms. The minimum Gasteiger partial charge on any atom is -0.741 e. The molecule has 0 aliphatic carbocycles. The zero-order chi connectivity index (χ0) is 29.4. The fourth-order valence-corrected chi connectivity index (χ4v) is 5.72. The molecule has 0 amide bonds. The number of alkyl halides is 3. The smallest absolute Gasteiger partial charge is 0.485 e. The molecule has 39 heavy (non-hydrogen) atoms. The molecular weight excluding hydrogens is 565 g/mol. The Bertz CT molecular complexity index is 1240. The fraction of sp³-hybridized carbons (Fsp3) is 0.280. The van der Waals surface area contributed by atoms with Crippen molar-refractivity contribution in [3.05, 3.63) is 54.6 Å². The molecule has 0 aromatic heterocycles. The van der Waals surface area contributed by atoms with Crippen LogP contribution in [-0.4, -0.2) is 61.1 Å². The van der Waals surface area contributed by atoms with Crippen LogP contribution in [0.25, 0.3) is 0 Å². The van der Waals surface area contributed by atoms with Gasteiger partial charge in [-0.25, -0.2) is 8.42 Å². The number of hydrogen-bond donors (Lipinski definition) is 0. The van der Waals surface area contributed by atoms with E-state index in [1.807, 2.05) is 42.5 Å². The fourth-order valence-electron chi connectivity index (χ4n) is 3.24. The van der Waals surface area contributed by atoms with E-state index < -0.39 is 26.5 Å². The molecular formula is C25H27F3O9S2. The summed E-state index contributed by atoms with van der Waals surface area (Å²) in [5.74, 6) is 3.85. The standard InChI is InChI=1S/C24H27O6S.CHF3O3S/c1-25-16-12-19(27-3)23(20(13-16)28-4)31(18-10-8-7-9-11-18)24-21(29-5)14-17(26-2)15-22(24)30-6;2-1(3,4)8(5,6)7/h7-15H,1-6H3;(H,5,6,7)/q+1;/p-1. The van der Waals surface area contributed by atoms with E-state index in [1.165, 1.54) is 0 Å². The predicted molar refractivity (Wildman–Crippen MR) is 137 cm³/mol. The zero-order valence-electron chi connectivity index (χ0n) is 21.8. The monoisotopic (exact) mass is 592 g/mol. The number of methoxy groups -OCH3 is 6. The van der Waals surface area contributed by atoms with Crippen LogP contribution in [0.4, 0.5) is 13.2 Å². The van der Waals surface area contributed by atoms with Gasteiger partial charge in [0.15, 0.2) is 38.0 Å². The van der Waals surface area contributed by atoms with Gasteiger partial charge >= 0.3 is 5.51 Å². The number of rotatable bonds is 9. The topological polar surface area (TPSA) is 113 Å². The van der Waals surface area contributed by atoms with Crippen LogP contribution in [0, 0.1) is 0 Å². The van der Waals surface area contributed by atoms with Gasteiger partial charge in [0, 0.05) is 24.3 Å². The van der Waals surface area contributed by atoms with Crippen molar-refractivity contribution in [2.75, 3.05) is 42.7 Å². The van der Waals surface area contributed by atoms with E-state index in [9.17, 15) is 13.2 Å². The highest BCUT2D eigenvalue weighted by atomic mass is 32.2. The number of benzene rings is 3. The number of ether oxygens (including phenoxy) is 6. The Morgan fingerprint density at radius 3 is 1.18 bits per heavy atom. The summed E-state index contributed by atoms with van der Waals surface area (Å²) in [6.07, 6.45) is 0. The lowest BCUT2D eigenvalue weighted by Crippen LogP contribution is -2.21. The third-order valence-electron chi connectivity index (χ3n) is 5.01. The molecule has 0 unspecified atom stereocenters. The van der Waals surface area contributed by atoms with Crippen molar-refractivity contribution in [3.63, 3.8) is 0 Å². The Balaban J connectivity index is 0.000000580. The van der Waals surface area contributed by atoms with Crippen molar-refractivity contribution in [3.8, 4) is 34.5 Å². The van der Waals surface area contributed by atoms with Crippen molar-refractivity contribution in [2.45, 2.75) is 20.2 Å². The first-order valence-electron chi connectivity index (χ1n) is 10.8. The van der Waals surface area contributed by atoms with Crippen LogP contribution in [0.3, 0.4) is 0 Å². The van der Waals surface area contributed by atoms with E-state index in [2.05, 4.69) is 12.1 Å². The zero-order valence-corrected chi connectivity index (χ0v) is 23.5. The largest absolute Gasteiger partial charge is 0.741 e. The molecule has 0 aliphatic heterocycles. The van der Waals surface area contributed by atoms with Crippen LogP contribution in [0.1, 0.15) is 0 Å². The van der Waals surface area contributed by atoms with Crippen molar-refractivity contribution < 1.29 is 54.6 Å². The summed E-state index contributed by atoms with van der Waals surface area (Å²) < 4.78 is 92.9. The molecule has 0 saturated carbocycles. The SMILES string of the molecule is COc1cc(OC)c([S+](c2ccccc2)c2c(OC)cc(OC)cc2OC)c(OC)c1.O=S(=O)([O-])C(F)(F)F. The normalized spacial score (nSPS) is 11.3. The molecule has 0 heterocycles. The lowest BCUT2D eigenvalue weighted by atomic mass is 10.3. The Morgan fingerprint density at radius 1 is 0.641 bits per heavy atom. The van der Waals surface area contributed by atoms with Gasteiger partial charge in [-0.2, -0.15) is 13.2 Å². The first kappa shape index (κ1) is 31.7. The summed E-state index contributed by atoms with van der Waals surface area (Å²) in [4.78, 5) is 2.77. The summed E-state index contributed by atoms with van der Waals surface area (Å²) in [5, 5.41) is 0. The molecule has 0 atom stereocenters. The summed E-state index contributed by atoms with van der Waals surface area (Å²) >= 11 is 0. The molecule has 214 valence electrons. The van der Waals surface area contributed by atoms with E-state index in [1.54, 1.807) is 42.7 Å². The molecule has 3 rings (SSSR count). The average molecular weight is 593 g/mol. The van der Waals surface area contributed by atoms with Crippen LogP contribution < -0.4 is 28.4 Å². The maximum Gasteiger partial charge on any atom is 0.485 e. The second kappa shape index (κ2) is 13.5. The first-order valence-corrected chi connectivity index (χ1v) is 13.4. The van der Waals surface area contributed by atoms with Crippen molar-refractivity contribution in [1.82, 2.24) is 0 Å². The van der Waals surface area contributed by atoms with Gasteiger partial charge in [-0.15, -0.1) is 0 Å². The van der Waals surface area contributed by atoms with E-state index >= 15 is 0 Å². The van der Waals surface area contributed by atoms with Gasteiger partial charge in [-0.05, 0) is 12.1 Å². The van der Waals surface area contributed by atoms with E-state index in [4.69, 9.17) is 41.4 Å². The highest BCUT2D eigenvalue weighted by Gasteiger charge is 2.42. The third kappa shape index (κ3) is 7.55. The van der Waals surface area contributed by atoms with Crippen molar-refractivity contribution in [1.29, 1.82) is 0 Å². The van der Waals surface area contributed by atoms with Crippen LogP contribution in [0.2, 0.25) is 0 Å². The molecule has 0 fully saturated rings. The van der Waals surface area contributed by atoms with Crippen LogP contribution in [-0.2, 0) is 21.0 Å². The minimum absolute atomic E-state index is 0.641. The van der Waals surface area contributed by atoms with Gasteiger partial charge in [-0.1, -0.05) is 18.2 Å². The summed E-state index contributed by atoms with van der Waals surface area (Å²) in [7, 11) is 2.97. The van der Waals surface area contributed by atoms with Gasteiger partial charge in [0.05, 0.1) is 42.7 Å². The van der Waals surface area contributed by atoms with E-state index in [0.717, 1.165) is 14.7 Å². The molecule has 14 heteroatoms. The summed E-state index contributed by atoms with van der Waals surface area (Å²) in [5.41, 5.74) is -5.65. The van der Waals surface area contributed by atoms with Crippen LogP contribution in [0.5, 0.6) is 34.5 Å². The molecule has 0 bridgehead atoms. The third-order valence-corrected chi connectivity index (χ3v) is 7.94. The highest BCUT2D eigenvalue weighted by Crippen LogP contribution is 2.50.